The molecule has 1 aromatic rings. The van der Waals surface area contributed by atoms with Gasteiger partial charge in [0.25, 0.3) is 0 Å². The Morgan fingerprint density at radius 2 is 2.13 bits per heavy atom. The summed E-state index contributed by atoms with van der Waals surface area (Å²) in [5.74, 6) is -0.630. The zero-order valence-electron chi connectivity index (χ0n) is 12.5. The van der Waals surface area contributed by atoms with Gasteiger partial charge in [-0.05, 0) is 25.5 Å². The number of benzene rings is 1. The Labute approximate surface area is 132 Å². The van der Waals surface area contributed by atoms with Crippen LogP contribution in [0, 0.1) is 0 Å². The van der Waals surface area contributed by atoms with Gasteiger partial charge in [-0.3, -0.25) is 9.69 Å². The van der Waals surface area contributed by atoms with Crippen LogP contribution in [0.2, 0.25) is 0 Å². The number of para-hydroxylation sites is 1. The summed E-state index contributed by atoms with van der Waals surface area (Å²) >= 11 is 0. The highest BCUT2D eigenvalue weighted by Gasteiger charge is 2.32. The summed E-state index contributed by atoms with van der Waals surface area (Å²) in [7, 11) is 0. The molecule has 5 nitrogen and oxygen atoms in total. The lowest BCUT2D eigenvalue weighted by Crippen LogP contribution is -2.44. The molecule has 8 heteroatoms. The number of carbonyl (C=O) groups excluding carboxylic acids is 1. The lowest BCUT2D eigenvalue weighted by molar-refractivity contribution is -0.274. The number of nitrogens with one attached hydrogen (secondary N) is 1. The van der Waals surface area contributed by atoms with E-state index in [4.69, 9.17) is 0 Å². The number of carbonyl (C=O) groups is 1. The normalized spacial score (nSPS) is 19.4. The first-order valence-corrected chi connectivity index (χ1v) is 7.34. The third-order valence-electron chi connectivity index (χ3n) is 3.52. The third-order valence-corrected chi connectivity index (χ3v) is 3.52. The molecular weight excluding hydrogens is 313 g/mol. The molecule has 1 aromatic carbocycles. The maximum absolute atomic E-state index is 12.3. The largest absolute Gasteiger partial charge is 0.573 e. The van der Waals surface area contributed by atoms with Gasteiger partial charge in [0.05, 0.1) is 12.6 Å². The standard InChI is InChI=1S/C15H19F3N2O3/c16-15(17,18)23-13-6-2-1-4-11(13)8-19-14(22)10-20-7-3-5-12(21)9-20/h1-2,4,6,12,21H,3,5,7-10H2,(H,19,22). The number of likely N-dealkylation sites (tertiary alicyclic amines) is 1. The zero-order chi connectivity index (χ0) is 16.9. The average Bonchev–Trinajstić information content (AvgIpc) is 2.45. The van der Waals surface area contributed by atoms with Crippen LogP contribution in [-0.2, 0) is 11.3 Å². The molecule has 0 aromatic heterocycles. The van der Waals surface area contributed by atoms with Gasteiger partial charge in [0.15, 0.2) is 0 Å². The molecule has 1 aliphatic rings. The van der Waals surface area contributed by atoms with Crippen molar-refractivity contribution in [2.75, 3.05) is 19.6 Å². The van der Waals surface area contributed by atoms with E-state index >= 15 is 0 Å². The fourth-order valence-electron chi connectivity index (χ4n) is 2.50. The quantitative estimate of drug-likeness (QED) is 0.861. The van der Waals surface area contributed by atoms with Crippen LogP contribution >= 0.6 is 0 Å². The van der Waals surface area contributed by atoms with Crippen LogP contribution in [0.1, 0.15) is 18.4 Å². The van der Waals surface area contributed by atoms with Gasteiger partial charge in [-0.25, -0.2) is 0 Å². The lowest BCUT2D eigenvalue weighted by Gasteiger charge is -2.29. The number of β-amino-alcohol motifs (C(OH)–C–C–N with tert-alkyl or cyclic N) is 1. The zero-order valence-corrected chi connectivity index (χ0v) is 12.5. The predicted molar refractivity (Wildman–Crippen MR) is 76.7 cm³/mol. The Morgan fingerprint density at radius 3 is 2.83 bits per heavy atom. The Balaban J connectivity index is 1.86. The molecule has 23 heavy (non-hydrogen) atoms. The van der Waals surface area contributed by atoms with Crippen molar-refractivity contribution in [1.29, 1.82) is 0 Å². The number of hydrogen-bond donors (Lipinski definition) is 2. The topological polar surface area (TPSA) is 61.8 Å². The van der Waals surface area contributed by atoms with Crippen LogP contribution in [0.4, 0.5) is 13.2 Å². The summed E-state index contributed by atoms with van der Waals surface area (Å²) in [5, 5.41) is 12.1. The van der Waals surface area contributed by atoms with Gasteiger partial charge >= 0.3 is 6.36 Å². The van der Waals surface area contributed by atoms with Gasteiger partial charge < -0.3 is 15.2 Å². The molecule has 0 radical (unpaired) electrons. The molecule has 1 fully saturated rings. The monoisotopic (exact) mass is 332 g/mol. The Morgan fingerprint density at radius 1 is 1.39 bits per heavy atom. The van der Waals surface area contributed by atoms with Crippen molar-refractivity contribution in [1.82, 2.24) is 10.2 Å². The van der Waals surface area contributed by atoms with Crippen molar-refractivity contribution in [3.63, 3.8) is 0 Å². The minimum absolute atomic E-state index is 0.0541. The molecule has 1 amide bonds. The van der Waals surface area contributed by atoms with E-state index in [1.807, 2.05) is 4.90 Å². The smallest absolute Gasteiger partial charge is 0.405 e. The maximum atomic E-state index is 12.3. The molecule has 1 saturated heterocycles. The number of piperidine rings is 1. The van der Waals surface area contributed by atoms with Crippen molar-refractivity contribution in [3.05, 3.63) is 29.8 Å². The van der Waals surface area contributed by atoms with E-state index < -0.39 is 12.5 Å². The van der Waals surface area contributed by atoms with Gasteiger partial charge in [-0.1, -0.05) is 18.2 Å². The maximum Gasteiger partial charge on any atom is 0.573 e. The summed E-state index contributed by atoms with van der Waals surface area (Å²) in [6, 6.07) is 5.68. The summed E-state index contributed by atoms with van der Waals surface area (Å²) in [6.45, 7) is 1.21. The second-order valence-corrected chi connectivity index (χ2v) is 5.46. The highest BCUT2D eigenvalue weighted by molar-refractivity contribution is 5.78. The number of amides is 1. The molecule has 1 atom stereocenters. The van der Waals surface area contributed by atoms with Crippen LogP contribution in [0.25, 0.3) is 0 Å². The molecule has 1 aliphatic heterocycles. The van der Waals surface area contributed by atoms with Crippen molar-refractivity contribution >= 4 is 5.91 Å². The van der Waals surface area contributed by atoms with Gasteiger partial charge in [-0.15, -0.1) is 13.2 Å². The third kappa shape index (κ3) is 6.07. The number of hydrogen-bond acceptors (Lipinski definition) is 4. The van der Waals surface area contributed by atoms with Crippen LogP contribution in [0.15, 0.2) is 24.3 Å². The number of alkyl halides is 3. The molecule has 2 N–H and O–H groups in total. The van der Waals surface area contributed by atoms with E-state index in [1.165, 1.54) is 18.2 Å². The van der Waals surface area contributed by atoms with Gasteiger partial charge in [0.1, 0.15) is 5.75 Å². The summed E-state index contributed by atoms with van der Waals surface area (Å²) < 4.78 is 40.9. The summed E-state index contributed by atoms with van der Waals surface area (Å²) in [4.78, 5) is 13.7. The lowest BCUT2D eigenvalue weighted by atomic mass is 10.1. The van der Waals surface area contributed by atoms with Gasteiger partial charge in [0, 0.05) is 18.7 Å². The summed E-state index contributed by atoms with van der Waals surface area (Å²) in [5.41, 5.74) is 0.247. The number of nitrogens with zero attached hydrogens (tertiary/aromatic N) is 1. The van der Waals surface area contributed by atoms with Crippen LogP contribution in [-0.4, -0.2) is 48.0 Å². The Kier molecular flexibility index (Phi) is 5.84. The van der Waals surface area contributed by atoms with E-state index in [9.17, 15) is 23.1 Å². The van der Waals surface area contributed by atoms with E-state index in [2.05, 4.69) is 10.1 Å². The van der Waals surface area contributed by atoms with Crippen LogP contribution < -0.4 is 10.1 Å². The highest BCUT2D eigenvalue weighted by Crippen LogP contribution is 2.26. The van der Waals surface area contributed by atoms with E-state index in [0.29, 0.717) is 6.54 Å². The second-order valence-electron chi connectivity index (χ2n) is 5.46. The first-order valence-electron chi connectivity index (χ1n) is 7.34. The van der Waals surface area contributed by atoms with Crippen molar-refractivity contribution in [3.8, 4) is 5.75 Å². The fraction of sp³-hybridized carbons (Fsp3) is 0.533. The second kappa shape index (κ2) is 7.65. The SMILES string of the molecule is O=C(CN1CCCC(O)C1)NCc1ccccc1OC(F)(F)F. The molecule has 0 bridgehead atoms. The summed E-state index contributed by atoms with van der Waals surface area (Å²) in [6.07, 6.45) is -3.67. The van der Waals surface area contributed by atoms with E-state index in [1.54, 1.807) is 6.07 Å². The number of aliphatic hydroxyl groups is 1. The minimum atomic E-state index is -4.77. The average molecular weight is 332 g/mol. The molecular formula is C15H19F3N2O3. The van der Waals surface area contributed by atoms with Crippen molar-refractivity contribution in [2.45, 2.75) is 31.9 Å². The Bertz CT molecular complexity index is 537. The van der Waals surface area contributed by atoms with Crippen LogP contribution in [0.5, 0.6) is 5.75 Å². The van der Waals surface area contributed by atoms with Gasteiger partial charge in [-0.2, -0.15) is 0 Å². The van der Waals surface area contributed by atoms with Crippen LogP contribution in [0.3, 0.4) is 0 Å². The molecule has 1 heterocycles. The molecule has 0 saturated carbocycles. The molecule has 0 aliphatic carbocycles. The predicted octanol–water partition coefficient (Wildman–Crippen LogP) is 1.66. The fourth-order valence-corrected chi connectivity index (χ4v) is 2.50. The molecule has 1 unspecified atom stereocenters. The number of rotatable bonds is 5. The van der Waals surface area contributed by atoms with Crippen molar-refractivity contribution in [2.24, 2.45) is 0 Å². The van der Waals surface area contributed by atoms with E-state index in [-0.39, 0.29) is 30.3 Å². The Hall–Kier alpha value is -1.80. The number of halogens is 3. The van der Waals surface area contributed by atoms with Gasteiger partial charge in [0.2, 0.25) is 5.91 Å². The molecule has 2 rings (SSSR count). The van der Waals surface area contributed by atoms with Crippen molar-refractivity contribution < 1.29 is 27.8 Å². The molecule has 128 valence electrons. The van der Waals surface area contributed by atoms with E-state index in [0.717, 1.165) is 19.4 Å². The molecule has 0 spiro atoms. The minimum Gasteiger partial charge on any atom is -0.405 e. The highest BCUT2D eigenvalue weighted by atomic mass is 19.4. The first-order chi connectivity index (χ1) is 10.8. The number of ether oxygens (including phenoxy) is 1. The first kappa shape index (κ1) is 17.6. The number of aliphatic hydroxyl groups excluding tert-OH is 1.